The summed E-state index contributed by atoms with van der Waals surface area (Å²) in [6.07, 6.45) is 4.83. The average molecular weight is 302 g/mol. The van der Waals surface area contributed by atoms with Crippen molar-refractivity contribution in [1.82, 2.24) is 5.32 Å². The van der Waals surface area contributed by atoms with Gasteiger partial charge < -0.3 is 5.32 Å². The minimum atomic E-state index is -0.197. The summed E-state index contributed by atoms with van der Waals surface area (Å²) in [5.74, 6) is 0.402. The van der Waals surface area contributed by atoms with E-state index in [-0.39, 0.29) is 11.2 Å². The lowest BCUT2D eigenvalue weighted by molar-refractivity contribution is 0.487. The number of hydrogen-bond acceptors (Lipinski definition) is 1. The number of halogens is 3. The molecule has 0 fully saturated rings. The van der Waals surface area contributed by atoms with Crippen LogP contribution in [0, 0.1) is 5.82 Å². The zero-order valence-corrected chi connectivity index (χ0v) is 12.2. The molecular weight excluding hydrogens is 284 g/mol. The van der Waals surface area contributed by atoms with Crippen molar-refractivity contribution in [2.75, 3.05) is 12.4 Å². The lowest BCUT2D eigenvalue weighted by Gasteiger charge is -2.26. The Balaban J connectivity index is 1.96. The third-order valence-electron chi connectivity index (χ3n) is 3.40. The fourth-order valence-electron chi connectivity index (χ4n) is 2.38. The summed E-state index contributed by atoms with van der Waals surface area (Å²) in [5, 5.41) is 3.56. The number of alkyl halides is 2. The molecule has 0 radical (unpaired) electrons. The van der Waals surface area contributed by atoms with Gasteiger partial charge in [-0.3, -0.25) is 0 Å². The average Bonchev–Trinajstić information content (AvgIpc) is 2.40. The van der Waals surface area contributed by atoms with Gasteiger partial charge in [0.25, 0.3) is 0 Å². The highest BCUT2D eigenvalue weighted by atomic mass is 35.5. The summed E-state index contributed by atoms with van der Waals surface area (Å²) in [6, 6.07) is 7.05. The molecule has 4 heteroatoms. The lowest BCUT2D eigenvalue weighted by Crippen LogP contribution is -2.35. The van der Waals surface area contributed by atoms with Gasteiger partial charge in [0.15, 0.2) is 0 Å². The van der Waals surface area contributed by atoms with Crippen LogP contribution in [0.3, 0.4) is 0 Å². The van der Waals surface area contributed by atoms with E-state index in [0.717, 1.165) is 31.4 Å². The molecule has 0 bridgehead atoms. The number of rotatable bonds is 5. The summed E-state index contributed by atoms with van der Waals surface area (Å²) < 4.78 is 12.9. The minimum absolute atomic E-state index is 0.113. The summed E-state index contributed by atoms with van der Waals surface area (Å²) in [6.45, 7) is 0.835. The van der Waals surface area contributed by atoms with Crippen LogP contribution in [0.4, 0.5) is 4.39 Å². The Kier molecular flexibility index (Phi) is 5.68. The fraction of sp³-hybridized carbons (Fsp3) is 0.467. The molecule has 1 aromatic rings. The molecule has 0 saturated carbocycles. The normalized spacial score (nSPS) is 21.0. The van der Waals surface area contributed by atoms with Crippen molar-refractivity contribution in [3.05, 3.63) is 41.7 Å². The van der Waals surface area contributed by atoms with E-state index < -0.39 is 0 Å². The predicted molar refractivity (Wildman–Crippen MR) is 80.4 cm³/mol. The Hall–Kier alpha value is -0.570. The van der Waals surface area contributed by atoms with Crippen LogP contribution < -0.4 is 5.32 Å². The Bertz CT molecular complexity index is 430. The SMILES string of the molecule is Fc1ccc(C2=CCNC(CC(Cl)CCCl)C2)cc1. The van der Waals surface area contributed by atoms with E-state index in [1.54, 1.807) is 0 Å². The van der Waals surface area contributed by atoms with Crippen molar-refractivity contribution in [3.63, 3.8) is 0 Å². The van der Waals surface area contributed by atoms with Gasteiger partial charge in [-0.25, -0.2) is 4.39 Å². The molecule has 1 aliphatic heterocycles. The number of hydrogen-bond donors (Lipinski definition) is 1. The molecule has 2 rings (SSSR count). The maximum absolute atomic E-state index is 12.9. The Labute approximate surface area is 123 Å². The zero-order valence-electron chi connectivity index (χ0n) is 10.7. The fourth-order valence-corrected chi connectivity index (χ4v) is 3.08. The van der Waals surface area contributed by atoms with E-state index >= 15 is 0 Å². The van der Waals surface area contributed by atoms with Crippen LogP contribution >= 0.6 is 23.2 Å². The highest BCUT2D eigenvalue weighted by Gasteiger charge is 2.19. The van der Waals surface area contributed by atoms with Crippen LogP contribution in [0.1, 0.15) is 24.8 Å². The molecule has 0 amide bonds. The van der Waals surface area contributed by atoms with Crippen molar-refractivity contribution < 1.29 is 4.39 Å². The molecule has 1 N–H and O–H groups in total. The van der Waals surface area contributed by atoms with Gasteiger partial charge in [0, 0.05) is 23.8 Å². The maximum Gasteiger partial charge on any atom is 0.123 e. The monoisotopic (exact) mass is 301 g/mol. The topological polar surface area (TPSA) is 12.0 Å². The first-order chi connectivity index (χ1) is 9.19. The van der Waals surface area contributed by atoms with Crippen molar-refractivity contribution in [3.8, 4) is 0 Å². The lowest BCUT2D eigenvalue weighted by atomic mass is 9.93. The highest BCUT2D eigenvalue weighted by Crippen LogP contribution is 2.25. The number of nitrogens with one attached hydrogen (secondary N) is 1. The van der Waals surface area contributed by atoms with Crippen molar-refractivity contribution in [2.24, 2.45) is 0 Å². The quantitative estimate of drug-likeness (QED) is 0.804. The molecule has 2 unspecified atom stereocenters. The number of benzene rings is 1. The molecule has 0 aliphatic carbocycles. The first-order valence-corrected chi connectivity index (χ1v) is 7.54. The molecule has 0 saturated heterocycles. The first-order valence-electron chi connectivity index (χ1n) is 6.57. The third kappa shape index (κ3) is 4.48. The van der Waals surface area contributed by atoms with Crippen LogP contribution in [-0.4, -0.2) is 23.8 Å². The second-order valence-electron chi connectivity index (χ2n) is 4.86. The van der Waals surface area contributed by atoms with Crippen LogP contribution in [0.15, 0.2) is 30.3 Å². The van der Waals surface area contributed by atoms with Gasteiger partial charge >= 0.3 is 0 Å². The molecule has 0 spiro atoms. The second kappa shape index (κ2) is 7.28. The molecular formula is C15H18Cl2FN. The molecule has 1 aliphatic rings. The van der Waals surface area contributed by atoms with Crippen LogP contribution in [0.2, 0.25) is 0 Å². The van der Waals surface area contributed by atoms with Crippen molar-refractivity contribution >= 4 is 28.8 Å². The predicted octanol–water partition coefficient (Wildman–Crippen LogP) is 4.20. The molecule has 0 aromatic heterocycles. The molecule has 2 atom stereocenters. The summed E-state index contributed by atoms with van der Waals surface area (Å²) >= 11 is 11.9. The van der Waals surface area contributed by atoms with Gasteiger partial charge in [0.05, 0.1) is 0 Å². The zero-order chi connectivity index (χ0) is 13.7. The van der Waals surface area contributed by atoms with E-state index in [9.17, 15) is 4.39 Å². The minimum Gasteiger partial charge on any atom is -0.310 e. The maximum atomic E-state index is 12.9. The third-order valence-corrected chi connectivity index (χ3v) is 4.01. The molecule has 1 heterocycles. The van der Waals surface area contributed by atoms with E-state index in [2.05, 4.69) is 11.4 Å². The molecule has 19 heavy (non-hydrogen) atoms. The molecule has 1 nitrogen and oxygen atoms in total. The standard InChI is InChI=1S/C15H18Cl2FN/c16-7-5-13(17)10-15-9-12(6-8-19-15)11-1-3-14(18)4-2-11/h1-4,6,13,15,19H,5,7-10H2. The smallest absolute Gasteiger partial charge is 0.123 e. The van der Waals surface area contributed by atoms with Gasteiger partial charge in [-0.05, 0) is 42.5 Å². The molecule has 1 aromatic carbocycles. The summed E-state index contributed by atoms with van der Waals surface area (Å²) in [5.41, 5.74) is 2.36. The van der Waals surface area contributed by atoms with E-state index in [1.165, 1.54) is 17.7 Å². The van der Waals surface area contributed by atoms with Crippen LogP contribution in [0.25, 0.3) is 5.57 Å². The van der Waals surface area contributed by atoms with Gasteiger partial charge in [-0.1, -0.05) is 18.2 Å². The Morgan fingerprint density at radius 1 is 1.32 bits per heavy atom. The van der Waals surface area contributed by atoms with Gasteiger partial charge in [0.2, 0.25) is 0 Å². The molecule has 104 valence electrons. The Morgan fingerprint density at radius 3 is 2.74 bits per heavy atom. The second-order valence-corrected chi connectivity index (χ2v) is 5.85. The summed E-state index contributed by atoms with van der Waals surface area (Å²) in [4.78, 5) is 0. The van der Waals surface area contributed by atoms with Gasteiger partial charge in [-0.2, -0.15) is 0 Å². The van der Waals surface area contributed by atoms with Crippen molar-refractivity contribution in [2.45, 2.75) is 30.7 Å². The van der Waals surface area contributed by atoms with Crippen molar-refractivity contribution in [1.29, 1.82) is 0 Å². The highest BCUT2D eigenvalue weighted by molar-refractivity contribution is 6.22. The summed E-state index contributed by atoms with van der Waals surface area (Å²) in [7, 11) is 0. The van der Waals surface area contributed by atoms with E-state index in [1.807, 2.05) is 12.1 Å². The Morgan fingerprint density at radius 2 is 2.05 bits per heavy atom. The van der Waals surface area contributed by atoms with Crippen LogP contribution in [-0.2, 0) is 0 Å². The van der Waals surface area contributed by atoms with Gasteiger partial charge in [0.1, 0.15) is 5.82 Å². The largest absolute Gasteiger partial charge is 0.310 e. The van der Waals surface area contributed by atoms with Gasteiger partial charge in [-0.15, -0.1) is 23.2 Å². The van der Waals surface area contributed by atoms with E-state index in [0.29, 0.717) is 11.9 Å². The van der Waals surface area contributed by atoms with E-state index in [4.69, 9.17) is 23.2 Å². The van der Waals surface area contributed by atoms with Crippen LogP contribution in [0.5, 0.6) is 0 Å². The first kappa shape index (κ1) is 14.8.